The Bertz CT molecular complexity index is 360. The summed E-state index contributed by atoms with van der Waals surface area (Å²) < 4.78 is 0. The van der Waals surface area contributed by atoms with Gasteiger partial charge in [0, 0.05) is 18.7 Å². The summed E-state index contributed by atoms with van der Waals surface area (Å²) in [5.74, 6) is 0.242. The largest absolute Gasteiger partial charge is 0.312 e. The van der Waals surface area contributed by atoms with Gasteiger partial charge in [-0.05, 0) is 37.5 Å². The van der Waals surface area contributed by atoms with Gasteiger partial charge in [0.2, 0.25) is 5.91 Å². The average Bonchev–Trinajstić information content (AvgIpc) is 2.30. The average molecular weight is 233 g/mol. The molecule has 2 heteroatoms. The molecule has 0 spiro atoms. The number of carbonyl (C=O) groups is 1. The first-order valence-electron chi connectivity index (χ1n) is 6.56. The fraction of sp³-hybridized carbons (Fsp3) is 0.533. The van der Waals surface area contributed by atoms with Gasteiger partial charge in [0.25, 0.3) is 0 Å². The number of rotatable bonds is 6. The third-order valence-corrected chi connectivity index (χ3v) is 2.81. The highest BCUT2D eigenvalue weighted by molar-refractivity contribution is 5.93. The predicted octanol–water partition coefficient (Wildman–Crippen LogP) is 3.93. The van der Waals surface area contributed by atoms with Crippen molar-refractivity contribution >= 4 is 11.6 Å². The van der Waals surface area contributed by atoms with E-state index in [1.807, 2.05) is 24.0 Å². The van der Waals surface area contributed by atoms with Crippen molar-refractivity contribution in [3.63, 3.8) is 0 Å². The Morgan fingerprint density at radius 1 is 1.24 bits per heavy atom. The predicted molar refractivity (Wildman–Crippen MR) is 73.3 cm³/mol. The minimum Gasteiger partial charge on any atom is -0.312 e. The fourth-order valence-corrected chi connectivity index (χ4v) is 1.86. The van der Waals surface area contributed by atoms with Crippen LogP contribution in [0.15, 0.2) is 24.3 Å². The zero-order valence-corrected chi connectivity index (χ0v) is 11.2. The fourth-order valence-electron chi connectivity index (χ4n) is 1.86. The molecule has 1 aromatic carbocycles. The van der Waals surface area contributed by atoms with Gasteiger partial charge in [-0.1, -0.05) is 32.4 Å². The number of unbranched alkanes of at least 4 members (excludes halogenated alkanes) is 1. The first-order chi connectivity index (χ1) is 8.19. The molecule has 0 unspecified atom stereocenters. The van der Waals surface area contributed by atoms with Gasteiger partial charge in [0.05, 0.1) is 0 Å². The van der Waals surface area contributed by atoms with Crippen LogP contribution in [0, 0.1) is 6.92 Å². The van der Waals surface area contributed by atoms with Crippen molar-refractivity contribution in [2.75, 3.05) is 11.4 Å². The van der Waals surface area contributed by atoms with Crippen molar-refractivity contribution in [2.24, 2.45) is 0 Å². The highest BCUT2D eigenvalue weighted by atomic mass is 16.2. The normalized spacial score (nSPS) is 10.3. The SMILES string of the molecule is CCCCN(C(=O)CCC)c1cccc(C)c1. The molecule has 0 N–H and O–H groups in total. The number of benzene rings is 1. The maximum Gasteiger partial charge on any atom is 0.226 e. The van der Waals surface area contributed by atoms with Crippen LogP contribution in [0.4, 0.5) is 5.69 Å². The number of nitrogens with zero attached hydrogens (tertiary/aromatic N) is 1. The van der Waals surface area contributed by atoms with Crippen molar-refractivity contribution in [3.05, 3.63) is 29.8 Å². The molecule has 0 fully saturated rings. The number of carbonyl (C=O) groups excluding carboxylic acids is 1. The van der Waals surface area contributed by atoms with Crippen molar-refractivity contribution in [1.29, 1.82) is 0 Å². The van der Waals surface area contributed by atoms with Crippen LogP contribution in [0.3, 0.4) is 0 Å². The Kier molecular flexibility index (Phi) is 5.75. The van der Waals surface area contributed by atoms with Gasteiger partial charge in [-0.15, -0.1) is 0 Å². The third-order valence-electron chi connectivity index (χ3n) is 2.81. The van der Waals surface area contributed by atoms with Crippen LogP contribution in [0.2, 0.25) is 0 Å². The molecule has 0 saturated heterocycles. The summed E-state index contributed by atoms with van der Waals surface area (Å²) in [6.07, 6.45) is 3.72. The van der Waals surface area contributed by atoms with Crippen LogP contribution in [-0.4, -0.2) is 12.5 Å². The summed E-state index contributed by atoms with van der Waals surface area (Å²) in [6, 6.07) is 8.19. The topological polar surface area (TPSA) is 20.3 Å². The first-order valence-corrected chi connectivity index (χ1v) is 6.56. The summed E-state index contributed by atoms with van der Waals surface area (Å²) in [4.78, 5) is 14.0. The van der Waals surface area contributed by atoms with Crippen LogP contribution < -0.4 is 4.90 Å². The quantitative estimate of drug-likeness (QED) is 0.729. The summed E-state index contributed by atoms with van der Waals surface area (Å²) in [6.45, 7) is 7.09. The molecule has 0 aliphatic rings. The molecule has 17 heavy (non-hydrogen) atoms. The Morgan fingerprint density at radius 2 is 2.00 bits per heavy atom. The van der Waals surface area contributed by atoms with E-state index < -0.39 is 0 Å². The highest BCUT2D eigenvalue weighted by Gasteiger charge is 2.13. The molecule has 0 aliphatic heterocycles. The lowest BCUT2D eigenvalue weighted by Gasteiger charge is -2.23. The van der Waals surface area contributed by atoms with Crippen LogP contribution in [0.1, 0.15) is 45.1 Å². The van der Waals surface area contributed by atoms with E-state index in [2.05, 4.69) is 26.0 Å². The van der Waals surface area contributed by atoms with E-state index in [1.165, 1.54) is 5.56 Å². The van der Waals surface area contributed by atoms with Gasteiger partial charge >= 0.3 is 0 Å². The second kappa shape index (κ2) is 7.10. The van der Waals surface area contributed by atoms with E-state index >= 15 is 0 Å². The summed E-state index contributed by atoms with van der Waals surface area (Å²) >= 11 is 0. The van der Waals surface area contributed by atoms with E-state index in [-0.39, 0.29) is 5.91 Å². The number of anilines is 1. The van der Waals surface area contributed by atoms with Gasteiger partial charge < -0.3 is 4.90 Å². The van der Waals surface area contributed by atoms with E-state index in [0.717, 1.165) is 31.5 Å². The summed E-state index contributed by atoms with van der Waals surface area (Å²) in [5.41, 5.74) is 2.24. The second-order valence-corrected chi connectivity index (χ2v) is 4.49. The van der Waals surface area contributed by atoms with E-state index in [0.29, 0.717) is 6.42 Å². The Hall–Kier alpha value is -1.31. The minimum atomic E-state index is 0.242. The molecule has 94 valence electrons. The summed E-state index contributed by atoms with van der Waals surface area (Å²) in [5, 5.41) is 0. The molecule has 0 saturated carbocycles. The lowest BCUT2D eigenvalue weighted by atomic mass is 10.1. The molecule has 1 aromatic rings. The molecule has 1 amide bonds. The molecular weight excluding hydrogens is 210 g/mol. The first kappa shape index (κ1) is 13.8. The van der Waals surface area contributed by atoms with Gasteiger partial charge in [-0.3, -0.25) is 4.79 Å². The number of amides is 1. The molecule has 0 aromatic heterocycles. The van der Waals surface area contributed by atoms with E-state index in [9.17, 15) is 4.79 Å². The van der Waals surface area contributed by atoms with E-state index in [1.54, 1.807) is 0 Å². The molecular formula is C15H23NO. The monoisotopic (exact) mass is 233 g/mol. The van der Waals surface area contributed by atoms with Crippen molar-refractivity contribution in [2.45, 2.75) is 46.5 Å². The van der Waals surface area contributed by atoms with Crippen molar-refractivity contribution in [3.8, 4) is 0 Å². The van der Waals surface area contributed by atoms with Crippen LogP contribution in [-0.2, 0) is 4.79 Å². The number of hydrogen-bond acceptors (Lipinski definition) is 1. The van der Waals surface area contributed by atoms with Gasteiger partial charge in [0.15, 0.2) is 0 Å². The lowest BCUT2D eigenvalue weighted by Crippen LogP contribution is -2.31. The van der Waals surface area contributed by atoms with Gasteiger partial charge in [0.1, 0.15) is 0 Å². The number of hydrogen-bond donors (Lipinski definition) is 0. The zero-order chi connectivity index (χ0) is 12.7. The van der Waals surface area contributed by atoms with Crippen LogP contribution >= 0.6 is 0 Å². The smallest absolute Gasteiger partial charge is 0.226 e. The second-order valence-electron chi connectivity index (χ2n) is 4.49. The molecule has 2 nitrogen and oxygen atoms in total. The lowest BCUT2D eigenvalue weighted by molar-refractivity contribution is -0.118. The maximum atomic E-state index is 12.1. The maximum absolute atomic E-state index is 12.1. The van der Waals surface area contributed by atoms with Gasteiger partial charge in [-0.2, -0.15) is 0 Å². The van der Waals surface area contributed by atoms with Crippen LogP contribution in [0.25, 0.3) is 0 Å². The highest BCUT2D eigenvalue weighted by Crippen LogP contribution is 2.18. The van der Waals surface area contributed by atoms with E-state index in [4.69, 9.17) is 0 Å². The molecule has 0 atom stereocenters. The molecule has 0 heterocycles. The molecule has 0 bridgehead atoms. The zero-order valence-electron chi connectivity index (χ0n) is 11.2. The Labute approximate surface area is 105 Å². The van der Waals surface area contributed by atoms with Crippen LogP contribution in [0.5, 0.6) is 0 Å². The number of aryl methyl sites for hydroxylation is 1. The van der Waals surface area contributed by atoms with Gasteiger partial charge in [-0.25, -0.2) is 0 Å². The van der Waals surface area contributed by atoms with Crippen molar-refractivity contribution < 1.29 is 4.79 Å². The standard InChI is InChI=1S/C15H23NO/c1-4-6-11-16(15(17)8-5-2)14-10-7-9-13(3)12-14/h7,9-10,12H,4-6,8,11H2,1-3H3. The van der Waals surface area contributed by atoms with Crippen molar-refractivity contribution in [1.82, 2.24) is 0 Å². The molecule has 0 radical (unpaired) electrons. The minimum absolute atomic E-state index is 0.242. The molecule has 0 aliphatic carbocycles. The summed E-state index contributed by atoms with van der Waals surface area (Å²) in [7, 11) is 0. The Morgan fingerprint density at radius 3 is 2.59 bits per heavy atom. The third kappa shape index (κ3) is 4.22. The Balaban J connectivity index is 2.85. The molecule has 1 rings (SSSR count).